The van der Waals surface area contributed by atoms with Crippen molar-refractivity contribution < 1.29 is 14.4 Å². The minimum atomic E-state index is -0.450. The third-order valence-electron chi connectivity index (χ3n) is 3.20. The molecule has 0 unspecified atom stereocenters. The summed E-state index contributed by atoms with van der Waals surface area (Å²) in [4.78, 5) is 37.5. The zero-order valence-corrected chi connectivity index (χ0v) is 10.6. The van der Waals surface area contributed by atoms with E-state index in [4.69, 9.17) is 0 Å². The van der Waals surface area contributed by atoms with E-state index < -0.39 is 11.7 Å². The first kappa shape index (κ1) is 13.3. The van der Waals surface area contributed by atoms with Gasteiger partial charge in [0.1, 0.15) is 0 Å². The van der Waals surface area contributed by atoms with Crippen molar-refractivity contribution in [2.75, 3.05) is 26.2 Å². The van der Waals surface area contributed by atoms with Crippen molar-refractivity contribution in [3.05, 3.63) is 35.9 Å². The molecule has 0 aromatic heterocycles. The Morgan fingerprint density at radius 3 is 2.26 bits per heavy atom. The van der Waals surface area contributed by atoms with E-state index in [1.165, 1.54) is 4.90 Å². The van der Waals surface area contributed by atoms with Crippen LogP contribution in [0.2, 0.25) is 0 Å². The number of benzene rings is 1. The monoisotopic (exact) mass is 260 g/mol. The second-order valence-electron chi connectivity index (χ2n) is 4.52. The lowest BCUT2D eigenvalue weighted by atomic mass is 10.1. The quantitative estimate of drug-likeness (QED) is 0.570. The number of hydrogen-bond acceptors (Lipinski definition) is 3. The molecule has 1 saturated heterocycles. The van der Waals surface area contributed by atoms with E-state index in [1.54, 1.807) is 4.90 Å². The van der Waals surface area contributed by atoms with Gasteiger partial charge in [0.15, 0.2) is 0 Å². The molecule has 0 atom stereocenters. The molecule has 0 aliphatic carbocycles. The number of nitrogens with zero attached hydrogens (tertiary/aromatic N) is 2. The summed E-state index contributed by atoms with van der Waals surface area (Å²) >= 11 is 0. The molecule has 2 rings (SSSR count). The van der Waals surface area contributed by atoms with Gasteiger partial charge < -0.3 is 9.80 Å². The number of piperazine rings is 1. The summed E-state index contributed by atoms with van der Waals surface area (Å²) in [5, 5.41) is 0. The predicted molar refractivity (Wildman–Crippen MR) is 69.4 cm³/mol. The van der Waals surface area contributed by atoms with Gasteiger partial charge in [-0.15, -0.1) is 0 Å². The highest BCUT2D eigenvalue weighted by Gasteiger charge is 2.25. The summed E-state index contributed by atoms with van der Waals surface area (Å²) in [7, 11) is 0. The van der Waals surface area contributed by atoms with Crippen molar-refractivity contribution >= 4 is 18.1 Å². The van der Waals surface area contributed by atoms with Gasteiger partial charge in [0.05, 0.1) is 0 Å². The summed E-state index contributed by atoms with van der Waals surface area (Å²) in [6.45, 7) is 1.85. The van der Waals surface area contributed by atoms with E-state index >= 15 is 0 Å². The highest BCUT2D eigenvalue weighted by atomic mass is 16.2. The molecule has 0 radical (unpaired) electrons. The molecule has 100 valence electrons. The maximum Gasteiger partial charge on any atom is 0.290 e. The van der Waals surface area contributed by atoms with Crippen LogP contribution in [-0.2, 0) is 20.8 Å². The van der Waals surface area contributed by atoms with Crippen LogP contribution < -0.4 is 0 Å². The van der Waals surface area contributed by atoms with E-state index in [2.05, 4.69) is 0 Å². The highest BCUT2D eigenvalue weighted by molar-refractivity contribution is 6.36. The molecule has 2 amide bonds. The summed E-state index contributed by atoms with van der Waals surface area (Å²) in [6, 6.07) is 9.21. The standard InChI is InChI=1S/C14H16N2O3/c17-11-15-6-8-16(9-7-15)14(19)13(18)10-12-4-2-1-3-5-12/h1-5,11H,6-10H2. The molecule has 0 saturated carbocycles. The van der Waals surface area contributed by atoms with Gasteiger partial charge in [-0.2, -0.15) is 0 Å². The number of amides is 2. The van der Waals surface area contributed by atoms with Gasteiger partial charge in [0.25, 0.3) is 5.91 Å². The van der Waals surface area contributed by atoms with Crippen molar-refractivity contribution in [1.29, 1.82) is 0 Å². The predicted octanol–water partition coefficient (Wildman–Crippen LogP) is 0.0988. The van der Waals surface area contributed by atoms with Gasteiger partial charge in [-0.05, 0) is 5.56 Å². The molecule has 1 aromatic rings. The number of rotatable bonds is 4. The molecular weight excluding hydrogens is 244 g/mol. The molecule has 1 aliphatic heterocycles. The molecule has 0 N–H and O–H groups in total. The SMILES string of the molecule is O=CN1CCN(C(=O)C(=O)Cc2ccccc2)CC1. The molecule has 1 aromatic carbocycles. The molecule has 5 nitrogen and oxygen atoms in total. The van der Waals surface area contributed by atoms with Crippen molar-refractivity contribution in [2.45, 2.75) is 6.42 Å². The van der Waals surface area contributed by atoms with Gasteiger partial charge in [0.2, 0.25) is 12.2 Å². The Morgan fingerprint density at radius 2 is 1.68 bits per heavy atom. The molecular formula is C14H16N2O3. The fourth-order valence-corrected chi connectivity index (χ4v) is 2.06. The lowest BCUT2D eigenvalue weighted by molar-refractivity contribution is -0.146. The second kappa shape index (κ2) is 6.13. The maximum atomic E-state index is 12.0. The molecule has 0 bridgehead atoms. The average Bonchev–Trinajstić information content (AvgIpc) is 2.47. The first-order valence-corrected chi connectivity index (χ1v) is 6.26. The summed E-state index contributed by atoms with van der Waals surface area (Å²) in [5.41, 5.74) is 0.840. The largest absolute Gasteiger partial charge is 0.342 e. The van der Waals surface area contributed by atoms with E-state index in [0.29, 0.717) is 26.2 Å². The Kier molecular flexibility index (Phi) is 4.28. The number of Topliss-reactive ketones (excluding diaryl/α,β-unsaturated/α-hetero) is 1. The molecule has 1 heterocycles. The van der Waals surface area contributed by atoms with Crippen LogP contribution in [0.25, 0.3) is 0 Å². The normalized spacial score (nSPS) is 15.2. The summed E-state index contributed by atoms with van der Waals surface area (Å²) in [5.74, 6) is -0.847. The van der Waals surface area contributed by atoms with Crippen LogP contribution in [0.4, 0.5) is 0 Å². The summed E-state index contributed by atoms with van der Waals surface area (Å²) < 4.78 is 0. The van der Waals surface area contributed by atoms with Crippen molar-refractivity contribution in [3.63, 3.8) is 0 Å². The smallest absolute Gasteiger partial charge is 0.290 e. The number of hydrogen-bond donors (Lipinski definition) is 0. The first-order chi connectivity index (χ1) is 9.20. The van der Waals surface area contributed by atoms with Crippen LogP contribution in [0, 0.1) is 0 Å². The average molecular weight is 260 g/mol. The topological polar surface area (TPSA) is 57.7 Å². The van der Waals surface area contributed by atoms with Gasteiger partial charge in [-0.1, -0.05) is 30.3 Å². The van der Waals surface area contributed by atoms with Gasteiger partial charge in [0, 0.05) is 32.6 Å². The minimum absolute atomic E-state index is 0.133. The Balaban J connectivity index is 1.89. The van der Waals surface area contributed by atoms with E-state index in [9.17, 15) is 14.4 Å². The first-order valence-electron chi connectivity index (χ1n) is 6.26. The Morgan fingerprint density at radius 1 is 1.05 bits per heavy atom. The van der Waals surface area contributed by atoms with Gasteiger partial charge >= 0.3 is 0 Å². The molecule has 1 aliphatic rings. The zero-order chi connectivity index (χ0) is 13.7. The second-order valence-corrected chi connectivity index (χ2v) is 4.52. The van der Waals surface area contributed by atoms with Crippen LogP contribution in [0.15, 0.2) is 30.3 Å². The lowest BCUT2D eigenvalue weighted by Crippen LogP contribution is -2.50. The lowest BCUT2D eigenvalue weighted by Gasteiger charge is -2.32. The van der Waals surface area contributed by atoms with Crippen LogP contribution in [0.3, 0.4) is 0 Å². The number of carbonyl (C=O) groups excluding carboxylic acids is 3. The third kappa shape index (κ3) is 3.40. The Bertz CT molecular complexity index is 465. The minimum Gasteiger partial charge on any atom is -0.342 e. The van der Waals surface area contributed by atoms with Crippen molar-refractivity contribution in [1.82, 2.24) is 9.80 Å². The maximum absolute atomic E-state index is 12.0. The number of carbonyl (C=O) groups is 3. The van der Waals surface area contributed by atoms with E-state index in [1.807, 2.05) is 30.3 Å². The third-order valence-corrected chi connectivity index (χ3v) is 3.20. The summed E-state index contributed by atoms with van der Waals surface area (Å²) in [6.07, 6.45) is 0.904. The van der Waals surface area contributed by atoms with Crippen LogP contribution >= 0.6 is 0 Å². The highest BCUT2D eigenvalue weighted by Crippen LogP contribution is 2.05. The Hall–Kier alpha value is -2.17. The van der Waals surface area contributed by atoms with Crippen LogP contribution in [0.1, 0.15) is 5.56 Å². The van der Waals surface area contributed by atoms with Crippen LogP contribution in [-0.4, -0.2) is 54.1 Å². The Labute approximate surface area is 111 Å². The number of ketones is 1. The molecule has 5 heteroatoms. The zero-order valence-electron chi connectivity index (χ0n) is 10.6. The van der Waals surface area contributed by atoms with E-state index in [0.717, 1.165) is 12.0 Å². The van der Waals surface area contributed by atoms with E-state index in [-0.39, 0.29) is 6.42 Å². The van der Waals surface area contributed by atoms with Gasteiger partial charge in [-0.25, -0.2) is 0 Å². The van der Waals surface area contributed by atoms with Gasteiger partial charge in [-0.3, -0.25) is 14.4 Å². The molecule has 19 heavy (non-hydrogen) atoms. The van der Waals surface area contributed by atoms with Crippen molar-refractivity contribution in [3.8, 4) is 0 Å². The molecule has 1 fully saturated rings. The fourth-order valence-electron chi connectivity index (χ4n) is 2.06. The van der Waals surface area contributed by atoms with Crippen LogP contribution in [0.5, 0.6) is 0 Å². The van der Waals surface area contributed by atoms with Crippen molar-refractivity contribution in [2.24, 2.45) is 0 Å². The molecule has 0 spiro atoms. The fraction of sp³-hybridized carbons (Fsp3) is 0.357.